The molecule has 3 aromatic rings. The Labute approximate surface area is 168 Å². The molecule has 0 bridgehead atoms. The van der Waals surface area contributed by atoms with Gasteiger partial charge in [0.1, 0.15) is 0 Å². The highest BCUT2D eigenvalue weighted by molar-refractivity contribution is 9.10. The van der Waals surface area contributed by atoms with Crippen molar-refractivity contribution in [1.29, 1.82) is 0 Å². The van der Waals surface area contributed by atoms with Gasteiger partial charge in [-0.3, -0.25) is 4.79 Å². The summed E-state index contributed by atoms with van der Waals surface area (Å²) < 4.78 is 2.99. The molecule has 0 unspecified atom stereocenters. The lowest BCUT2D eigenvalue weighted by Crippen LogP contribution is -2.15. The molecule has 1 amide bonds. The molecule has 26 heavy (non-hydrogen) atoms. The van der Waals surface area contributed by atoms with Gasteiger partial charge in [-0.2, -0.15) is 0 Å². The molecule has 1 aromatic carbocycles. The Morgan fingerprint density at radius 2 is 2.04 bits per heavy atom. The summed E-state index contributed by atoms with van der Waals surface area (Å²) in [5, 5.41) is 12.2. The van der Waals surface area contributed by atoms with E-state index < -0.39 is 0 Å². The summed E-state index contributed by atoms with van der Waals surface area (Å²) in [5.74, 6) is 0.794. The summed E-state index contributed by atoms with van der Waals surface area (Å²) in [5.41, 5.74) is 1.47. The van der Waals surface area contributed by atoms with Gasteiger partial charge >= 0.3 is 0 Å². The van der Waals surface area contributed by atoms with Crippen LogP contribution >= 0.6 is 39.3 Å². The average Bonchev–Trinajstić information content (AvgIpc) is 3.05. The Hall–Kier alpha value is -1.90. The largest absolute Gasteiger partial charge is 0.323 e. The van der Waals surface area contributed by atoms with Crippen molar-refractivity contribution in [2.75, 3.05) is 11.1 Å². The lowest BCUT2D eigenvalue weighted by molar-refractivity contribution is -0.113. The van der Waals surface area contributed by atoms with Crippen LogP contribution < -0.4 is 5.32 Å². The van der Waals surface area contributed by atoms with Crippen LogP contribution in [0.4, 0.5) is 5.69 Å². The van der Waals surface area contributed by atoms with Gasteiger partial charge in [-0.15, -0.1) is 10.2 Å². The number of hydrogen-bond donors (Lipinski definition) is 1. The summed E-state index contributed by atoms with van der Waals surface area (Å²) in [6.07, 6.45) is 1.57. The van der Waals surface area contributed by atoms with Crippen molar-refractivity contribution in [2.45, 2.75) is 18.6 Å². The Morgan fingerprint density at radius 1 is 1.27 bits per heavy atom. The lowest BCUT2D eigenvalue weighted by Gasteiger charge is -2.08. The van der Waals surface area contributed by atoms with Gasteiger partial charge < -0.3 is 9.88 Å². The first-order valence-electron chi connectivity index (χ1n) is 7.80. The van der Waals surface area contributed by atoms with Crippen LogP contribution in [0, 0.1) is 0 Å². The summed E-state index contributed by atoms with van der Waals surface area (Å²) in [7, 11) is 0. The minimum Gasteiger partial charge on any atom is -0.323 e. The standard InChI is InChI=1S/C17H15BrClN5OS/c1-2-24-16(11-5-7-12(18)8-6-11)22-23-17(24)26-10-14(25)21-13-4-3-9-20-15(13)19/h3-9H,2,10H2,1H3,(H,21,25). The van der Waals surface area contributed by atoms with E-state index >= 15 is 0 Å². The van der Waals surface area contributed by atoms with E-state index in [1.165, 1.54) is 11.8 Å². The van der Waals surface area contributed by atoms with Gasteiger partial charge in [0, 0.05) is 22.8 Å². The van der Waals surface area contributed by atoms with Crippen LogP contribution in [0.5, 0.6) is 0 Å². The van der Waals surface area contributed by atoms with Crippen molar-refractivity contribution in [1.82, 2.24) is 19.7 Å². The molecule has 0 aliphatic rings. The van der Waals surface area contributed by atoms with Crippen LogP contribution in [0.15, 0.2) is 52.2 Å². The Kier molecular flexibility index (Phi) is 6.29. The number of amides is 1. The highest BCUT2D eigenvalue weighted by Gasteiger charge is 2.15. The molecule has 2 heterocycles. The normalized spacial score (nSPS) is 10.7. The molecule has 6 nitrogen and oxygen atoms in total. The minimum atomic E-state index is -0.180. The van der Waals surface area contributed by atoms with Gasteiger partial charge in [0.15, 0.2) is 16.1 Å². The van der Waals surface area contributed by atoms with Crippen molar-refractivity contribution < 1.29 is 4.79 Å². The molecular weight excluding hydrogens is 438 g/mol. The van der Waals surface area contributed by atoms with Crippen molar-refractivity contribution in [3.05, 3.63) is 52.2 Å². The zero-order valence-corrected chi connectivity index (χ0v) is 17.0. The number of nitrogens with zero attached hydrogens (tertiary/aromatic N) is 4. The van der Waals surface area contributed by atoms with Crippen LogP contribution in [0.1, 0.15) is 6.92 Å². The summed E-state index contributed by atoms with van der Waals surface area (Å²) in [4.78, 5) is 16.1. The summed E-state index contributed by atoms with van der Waals surface area (Å²) >= 11 is 10.7. The Balaban J connectivity index is 1.69. The number of carbonyl (C=O) groups excluding carboxylic acids is 1. The molecule has 0 radical (unpaired) electrons. The topological polar surface area (TPSA) is 72.7 Å². The summed E-state index contributed by atoms with van der Waals surface area (Å²) in [6, 6.07) is 11.3. The third-order valence-electron chi connectivity index (χ3n) is 3.50. The first-order valence-corrected chi connectivity index (χ1v) is 9.96. The highest BCUT2D eigenvalue weighted by atomic mass is 79.9. The number of rotatable bonds is 6. The van der Waals surface area contributed by atoms with Crippen molar-refractivity contribution >= 4 is 50.9 Å². The van der Waals surface area contributed by atoms with E-state index in [9.17, 15) is 4.79 Å². The number of halogens is 2. The molecule has 0 fully saturated rings. The smallest absolute Gasteiger partial charge is 0.234 e. The molecule has 0 saturated carbocycles. The molecule has 1 N–H and O–H groups in total. The second-order valence-electron chi connectivity index (χ2n) is 5.24. The third kappa shape index (κ3) is 4.44. The number of anilines is 1. The van der Waals surface area contributed by atoms with Crippen molar-refractivity contribution in [2.24, 2.45) is 0 Å². The number of carbonyl (C=O) groups is 1. The number of hydrogen-bond acceptors (Lipinski definition) is 5. The molecule has 0 spiro atoms. The van der Waals surface area contributed by atoms with Crippen molar-refractivity contribution in [3.8, 4) is 11.4 Å². The maximum Gasteiger partial charge on any atom is 0.234 e. The number of thioether (sulfide) groups is 1. The molecule has 3 rings (SSSR count). The highest BCUT2D eigenvalue weighted by Crippen LogP contribution is 2.25. The maximum absolute atomic E-state index is 12.2. The fourth-order valence-corrected chi connectivity index (χ4v) is 3.52. The second kappa shape index (κ2) is 8.66. The fraction of sp³-hybridized carbons (Fsp3) is 0.176. The number of aromatic nitrogens is 4. The summed E-state index contributed by atoms with van der Waals surface area (Å²) in [6.45, 7) is 2.72. The molecule has 2 aromatic heterocycles. The number of benzene rings is 1. The van der Waals surface area contributed by atoms with Crippen LogP contribution in [-0.4, -0.2) is 31.4 Å². The van der Waals surface area contributed by atoms with Crippen LogP contribution in [0.3, 0.4) is 0 Å². The fourth-order valence-electron chi connectivity index (χ4n) is 2.29. The first-order chi connectivity index (χ1) is 12.6. The van der Waals surface area contributed by atoms with Gasteiger partial charge in [-0.1, -0.05) is 51.4 Å². The average molecular weight is 453 g/mol. The first kappa shape index (κ1) is 18.9. The SMILES string of the molecule is CCn1c(SCC(=O)Nc2cccnc2Cl)nnc1-c1ccc(Br)cc1. The van der Waals surface area contributed by atoms with Gasteiger partial charge in [0.05, 0.1) is 11.4 Å². The molecule has 0 aliphatic carbocycles. The van der Waals surface area contributed by atoms with E-state index in [-0.39, 0.29) is 16.8 Å². The molecule has 0 saturated heterocycles. The second-order valence-corrected chi connectivity index (χ2v) is 7.45. The van der Waals surface area contributed by atoms with Crippen LogP contribution in [0.2, 0.25) is 5.15 Å². The van der Waals surface area contributed by atoms with Crippen molar-refractivity contribution in [3.63, 3.8) is 0 Å². The van der Waals surface area contributed by atoms with E-state index in [2.05, 4.69) is 36.4 Å². The van der Waals surface area contributed by atoms with E-state index in [4.69, 9.17) is 11.6 Å². The van der Waals surface area contributed by atoms with Gasteiger partial charge in [-0.25, -0.2) is 4.98 Å². The van der Waals surface area contributed by atoms with Gasteiger partial charge in [0.25, 0.3) is 0 Å². The lowest BCUT2D eigenvalue weighted by atomic mass is 10.2. The van der Waals surface area contributed by atoms with Crippen LogP contribution in [-0.2, 0) is 11.3 Å². The molecule has 9 heteroatoms. The zero-order valence-electron chi connectivity index (χ0n) is 13.8. The van der Waals surface area contributed by atoms with E-state index in [0.29, 0.717) is 17.4 Å². The maximum atomic E-state index is 12.2. The van der Waals surface area contributed by atoms with Gasteiger partial charge in [0.2, 0.25) is 5.91 Å². The molecular formula is C17H15BrClN5OS. The van der Waals surface area contributed by atoms with Crippen LogP contribution in [0.25, 0.3) is 11.4 Å². The van der Waals surface area contributed by atoms with E-state index in [1.807, 2.05) is 35.8 Å². The van der Waals surface area contributed by atoms with E-state index in [1.54, 1.807) is 18.3 Å². The third-order valence-corrected chi connectivity index (χ3v) is 5.30. The Morgan fingerprint density at radius 3 is 2.73 bits per heavy atom. The quantitative estimate of drug-likeness (QED) is 0.440. The molecule has 0 atom stereocenters. The molecule has 0 aliphatic heterocycles. The zero-order chi connectivity index (χ0) is 18.5. The number of pyridine rings is 1. The Bertz CT molecular complexity index is 916. The number of nitrogens with one attached hydrogen (secondary N) is 1. The monoisotopic (exact) mass is 451 g/mol. The minimum absolute atomic E-state index is 0.180. The predicted octanol–water partition coefficient (Wildman–Crippen LogP) is 4.51. The molecule has 134 valence electrons. The van der Waals surface area contributed by atoms with Gasteiger partial charge in [-0.05, 0) is 31.2 Å². The predicted molar refractivity (Wildman–Crippen MR) is 107 cm³/mol. The van der Waals surface area contributed by atoms with E-state index in [0.717, 1.165) is 15.9 Å².